The Hall–Kier alpha value is -2.67. The summed E-state index contributed by atoms with van der Waals surface area (Å²) in [6.45, 7) is 0. The van der Waals surface area contributed by atoms with E-state index < -0.39 is 0 Å². The van der Waals surface area contributed by atoms with E-state index in [0.29, 0.717) is 5.78 Å². The van der Waals surface area contributed by atoms with Gasteiger partial charge < -0.3 is 0 Å². The zero-order valence-corrected chi connectivity index (χ0v) is 13.4. The number of rotatable bonds is 1. The number of carbonyl (C=O) groups excluding carboxylic acids is 1. The van der Waals surface area contributed by atoms with E-state index in [0.717, 1.165) is 18.4 Å². The minimum Gasteiger partial charge on any atom is -0.294 e. The second-order valence-electron chi connectivity index (χ2n) is 6.83. The number of hydrogen-bond acceptors (Lipinski definition) is 1. The van der Waals surface area contributed by atoms with Crippen molar-refractivity contribution < 1.29 is 4.79 Å². The lowest BCUT2D eigenvalue weighted by Gasteiger charge is -2.41. The van der Waals surface area contributed by atoms with Gasteiger partial charge in [0, 0.05) is 11.5 Å². The van der Waals surface area contributed by atoms with Gasteiger partial charge in [-0.25, -0.2) is 0 Å². The Morgan fingerprint density at radius 3 is 2.25 bits per heavy atom. The molecule has 0 fully saturated rings. The molecule has 0 saturated carbocycles. The van der Waals surface area contributed by atoms with Crippen molar-refractivity contribution in [3.63, 3.8) is 0 Å². The summed E-state index contributed by atoms with van der Waals surface area (Å²) in [4.78, 5) is 13.2. The van der Waals surface area contributed by atoms with Crippen molar-refractivity contribution in [1.29, 1.82) is 0 Å². The molecule has 2 aliphatic carbocycles. The van der Waals surface area contributed by atoms with Crippen LogP contribution in [0.5, 0.6) is 0 Å². The van der Waals surface area contributed by atoms with Gasteiger partial charge in [-0.15, -0.1) is 0 Å². The number of aryl methyl sites for hydroxylation is 1. The minimum atomic E-state index is -0.330. The Kier molecular flexibility index (Phi) is 2.81. The minimum absolute atomic E-state index is 0.00667. The van der Waals surface area contributed by atoms with Crippen LogP contribution in [0.3, 0.4) is 0 Å². The molecule has 24 heavy (non-hydrogen) atoms. The average Bonchev–Trinajstić information content (AvgIpc) is 2.93. The molecule has 5 rings (SSSR count). The lowest BCUT2D eigenvalue weighted by Crippen LogP contribution is -2.40. The van der Waals surface area contributed by atoms with Gasteiger partial charge in [0.2, 0.25) is 0 Å². The number of carbonyl (C=O) groups is 1. The van der Waals surface area contributed by atoms with Crippen LogP contribution in [-0.2, 0) is 11.8 Å². The number of ketones is 1. The molecule has 0 N–H and O–H groups in total. The third-order valence-electron chi connectivity index (χ3n) is 5.83. The summed E-state index contributed by atoms with van der Waals surface area (Å²) in [5, 5.41) is 0. The molecular weight excluding hydrogens is 292 g/mol. The third kappa shape index (κ3) is 1.57. The summed E-state index contributed by atoms with van der Waals surface area (Å²) in [6.07, 6.45) is 1.90. The van der Waals surface area contributed by atoms with Crippen LogP contribution >= 0.6 is 0 Å². The third-order valence-corrected chi connectivity index (χ3v) is 5.83. The van der Waals surface area contributed by atoms with Gasteiger partial charge in [-0.3, -0.25) is 4.79 Å². The highest BCUT2D eigenvalue weighted by Crippen LogP contribution is 2.56. The highest BCUT2D eigenvalue weighted by molar-refractivity contribution is 6.06. The number of fused-ring (bicyclic) bond motifs is 5. The fourth-order valence-electron chi connectivity index (χ4n) is 4.93. The maximum atomic E-state index is 13.2. The van der Waals surface area contributed by atoms with Crippen molar-refractivity contribution in [3.8, 4) is 0 Å². The number of benzene rings is 3. The molecule has 0 unspecified atom stereocenters. The van der Waals surface area contributed by atoms with Gasteiger partial charge in [0.25, 0.3) is 0 Å². The molecule has 1 heteroatoms. The van der Waals surface area contributed by atoms with E-state index in [1.165, 1.54) is 22.3 Å². The topological polar surface area (TPSA) is 17.1 Å². The van der Waals surface area contributed by atoms with Crippen LogP contribution in [-0.4, -0.2) is 5.78 Å². The van der Waals surface area contributed by atoms with Gasteiger partial charge in [-0.1, -0.05) is 78.9 Å². The predicted molar refractivity (Wildman–Crippen MR) is 95.3 cm³/mol. The lowest BCUT2D eigenvalue weighted by molar-refractivity contribution is 0.0897. The second-order valence-corrected chi connectivity index (χ2v) is 6.83. The Labute approximate surface area is 142 Å². The summed E-state index contributed by atoms with van der Waals surface area (Å²) < 4.78 is 0. The van der Waals surface area contributed by atoms with E-state index in [1.54, 1.807) is 0 Å². The molecule has 0 saturated heterocycles. The van der Waals surface area contributed by atoms with E-state index in [-0.39, 0.29) is 11.3 Å². The van der Waals surface area contributed by atoms with Crippen LogP contribution in [0.2, 0.25) is 0 Å². The molecule has 0 amide bonds. The highest BCUT2D eigenvalue weighted by atomic mass is 16.1. The van der Waals surface area contributed by atoms with Gasteiger partial charge in [0.15, 0.2) is 5.78 Å². The quantitative estimate of drug-likeness (QED) is 0.632. The number of Topliss-reactive ketones (excluding diaryl/α,β-unsaturated/α-hetero) is 1. The van der Waals surface area contributed by atoms with Crippen LogP contribution < -0.4 is 0 Å². The summed E-state index contributed by atoms with van der Waals surface area (Å²) in [7, 11) is 0. The van der Waals surface area contributed by atoms with Crippen molar-refractivity contribution in [1.82, 2.24) is 0 Å². The second kappa shape index (κ2) is 4.91. The Bertz CT molecular complexity index is 941. The SMILES string of the molecule is O=C1c2ccccc2[C@]2(c3ccccc3)c3ccccc3CC[C@H]12. The molecule has 3 aromatic rings. The first kappa shape index (κ1) is 13.7. The first-order chi connectivity index (χ1) is 11.8. The summed E-state index contributed by atoms with van der Waals surface area (Å²) in [5.41, 5.74) is 5.68. The van der Waals surface area contributed by atoms with Gasteiger partial charge >= 0.3 is 0 Å². The molecule has 0 bridgehead atoms. The van der Waals surface area contributed by atoms with Crippen LogP contribution in [0, 0.1) is 5.92 Å². The van der Waals surface area contributed by atoms with E-state index in [9.17, 15) is 4.79 Å². The van der Waals surface area contributed by atoms with Gasteiger partial charge in [0.1, 0.15) is 0 Å². The van der Waals surface area contributed by atoms with Crippen molar-refractivity contribution in [2.45, 2.75) is 18.3 Å². The molecule has 1 nitrogen and oxygen atoms in total. The van der Waals surface area contributed by atoms with Crippen molar-refractivity contribution in [2.24, 2.45) is 5.92 Å². The van der Waals surface area contributed by atoms with Crippen molar-refractivity contribution in [3.05, 3.63) is 107 Å². The Balaban J connectivity index is 1.94. The molecule has 2 atom stereocenters. The molecule has 0 spiro atoms. The largest absolute Gasteiger partial charge is 0.294 e. The lowest BCUT2D eigenvalue weighted by atomic mass is 9.59. The molecule has 3 aromatic carbocycles. The monoisotopic (exact) mass is 310 g/mol. The Morgan fingerprint density at radius 1 is 0.750 bits per heavy atom. The predicted octanol–water partition coefficient (Wildman–Crippen LogP) is 4.78. The molecule has 0 aromatic heterocycles. The van der Waals surface area contributed by atoms with Gasteiger partial charge in [-0.2, -0.15) is 0 Å². The van der Waals surface area contributed by atoms with E-state index >= 15 is 0 Å². The molecule has 2 aliphatic rings. The molecule has 0 aliphatic heterocycles. The summed E-state index contributed by atoms with van der Waals surface area (Å²) in [5.74, 6) is 0.316. The van der Waals surface area contributed by atoms with Crippen molar-refractivity contribution in [2.75, 3.05) is 0 Å². The maximum absolute atomic E-state index is 13.2. The van der Waals surface area contributed by atoms with Crippen LogP contribution in [0.4, 0.5) is 0 Å². The van der Waals surface area contributed by atoms with E-state index in [4.69, 9.17) is 0 Å². The normalized spacial score (nSPS) is 24.2. The zero-order valence-electron chi connectivity index (χ0n) is 13.4. The first-order valence-corrected chi connectivity index (χ1v) is 8.61. The summed E-state index contributed by atoms with van der Waals surface area (Å²) in [6, 6.07) is 27.5. The van der Waals surface area contributed by atoms with Gasteiger partial charge in [0.05, 0.1) is 5.41 Å². The highest BCUT2D eigenvalue weighted by Gasteiger charge is 2.55. The van der Waals surface area contributed by atoms with Crippen molar-refractivity contribution >= 4 is 5.78 Å². The standard InChI is InChI=1S/C23H18O/c24-22-18-11-5-7-13-20(18)23(17-9-2-1-3-10-17)19-12-6-4-8-16(19)14-15-21(22)23/h1-13,21H,14-15H2/t21-,23+/m1/s1. The fraction of sp³-hybridized carbons (Fsp3) is 0.174. The van der Waals surface area contributed by atoms with Gasteiger partial charge in [-0.05, 0) is 35.1 Å². The average molecular weight is 310 g/mol. The van der Waals surface area contributed by atoms with Crippen LogP contribution in [0.1, 0.15) is 39.0 Å². The molecule has 116 valence electrons. The van der Waals surface area contributed by atoms with Crippen LogP contribution in [0.25, 0.3) is 0 Å². The first-order valence-electron chi connectivity index (χ1n) is 8.61. The van der Waals surface area contributed by atoms with E-state index in [1.807, 2.05) is 18.2 Å². The molecular formula is C23H18O. The Morgan fingerprint density at radius 2 is 1.42 bits per heavy atom. The maximum Gasteiger partial charge on any atom is 0.167 e. The van der Waals surface area contributed by atoms with E-state index in [2.05, 4.69) is 60.7 Å². The smallest absolute Gasteiger partial charge is 0.167 e. The fourth-order valence-corrected chi connectivity index (χ4v) is 4.93. The molecule has 0 radical (unpaired) electrons. The zero-order chi connectivity index (χ0) is 16.1. The number of hydrogen-bond donors (Lipinski definition) is 0. The molecule has 0 heterocycles. The summed E-state index contributed by atoms with van der Waals surface area (Å²) >= 11 is 0. The van der Waals surface area contributed by atoms with Crippen LogP contribution in [0.15, 0.2) is 78.9 Å².